The molecule has 3 rings (SSSR count). The van der Waals surface area contributed by atoms with Crippen LogP contribution >= 0.6 is 11.3 Å². The van der Waals surface area contributed by atoms with E-state index < -0.39 is 0 Å². The van der Waals surface area contributed by atoms with E-state index in [-0.39, 0.29) is 35.9 Å². The second-order valence-electron chi connectivity index (χ2n) is 7.50. The number of benzene rings is 1. The third-order valence-electron chi connectivity index (χ3n) is 4.96. The molecular weight excluding hydrogens is 377 g/mol. The first kappa shape index (κ1) is 20.5. The molecule has 1 saturated heterocycles. The highest BCUT2D eigenvalue weighted by Gasteiger charge is 2.27. The van der Waals surface area contributed by atoms with Crippen LogP contribution in [0.15, 0.2) is 29.6 Å². The largest absolute Gasteiger partial charge is 0.350 e. The van der Waals surface area contributed by atoms with Crippen LogP contribution < -0.4 is 5.32 Å². The van der Waals surface area contributed by atoms with Crippen LogP contribution in [-0.2, 0) is 22.6 Å². The third-order valence-corrected chi connectivity index (χ3v) is 6.02. The van der Waals surface area contributed by atoms with Crippen molar-refractivity contribution in [3.63, 3.8) is 0 Å². The van der Waals surface area contributed by atoms with Gasteiger partial charge in [0.15, 0.2) is 0 Å². The number of nitrogens with one attached hydrogen (secondary N) is 1. The number of likely N-dealkylation sites (tertiary alicyclic amines) is 1. The molecule has 2 heterocycles. The lowest BCUT2D eigenvalue weighted by Crippen LogP contribution is -2.40. The summed E-state index contributed by atoms with van der Waals surface area (Å²) in [6, 6.07) is 6.42. The summed E-state index contributed by atoms with van der Waals surface area (Å²) in [5, 5.41) is 5.85. The minimum atomic E-state index is -0.336. The number of rotatable bonds is 6. The van der Waals surface area contributed by atoms with Crippen molar-refractivity contribution in [2.24, 2.45) is 5.92 Å². The predicted molar refractivity (Wildman–Crippen MR) is 107 cm³/mol. The Balaban J connectivity index is 1.58. The monoisotopic (exact) mass is 403 g/mol. The molecule has 1 N–H and O–H groups in total. The van der Waals surface area contributed by atoms with Gasteiger partial charge in [-0.05, 0) is 24.5 Å². The van der Waals surface area contributed by atoms with E-state index in [2.05, 4.69) is 10.3 Å². The van der Waals surface area contributed by atoms with E-state index in [0.717, 1.165) is 23.5 Å². The van der Waals surface area contributed by atoms with Crippen molar-refractivity contribution in [2.75, 3.05) is 13.1 Å². The van der Waals surface area contributed by atoms with Crippen LogP contribution in [0.4, 0.5) is 4.39 Å². The fourth-order valence-corrected chi connectivity index (χ4v) is 4.24. The first-order valence-electron chi connectivity index (χ1n) is 9.67. The maximum absolute atomic E-state index is 13.8. The quantitative estimate of drug-likeness (QED) is 0.803. The summed E-state index contributed by atoms with van der Waals surface area (Å²) in [5.74, 6) is -0.228. The number of aromatic nitrogens is 1. The predicted octanol–water partition coefficient (Wildman–Crippen LogP) is 3.50. The number of piperidine rings is 1. The zero-order valence-corrected chi connectivity index (χ0v) is 17.1. The van der Waals surface area contributed by atoms with Gasteiger partial charge < -0.3 is 10.2 Å². The Morgan fingerprint density at radius 1 is 1.36 bits per heavy atom. The molecule has 1 atom stereocenters. The molecule has 1 aliphatic heterocycles. The maximum Gasteiger partial charge on any atom is 0.227 e. The fraction of sp³-hybridized carbons (Fsp3) is 0.476. The summed E-state index contributed by atoms with van der Waals surface area (Å²) in [6.07, 6.45) is 1.98. The van der Waals surface area contributed by atoms with Gasteiger partial charge in [0, 0.05) is 30.3 Å². The van der Waals surface area contributed by atoms with E-state index in [4.69, 9.17) is 0 Å². The van der Waals surface area contributed by atoms with Crippen LogP contribution in [0.2, 0.25) is 0 Å². The van der Waals surface area contributed by atoms with Crippen molar-refractivity contribution in [1.29, 1.82) is 0 Å². The summed E-state index contributed by atoms with van der Waals surface area (Å²) in [5.41, 5.74) is 1.29. The van der Waals surface area contributed by atoms with Crippen molar-refractivity contribution in [1.82, 2.24) is 15.2 Å². The van der Waals surface area contributed by atoms with Gasteiger partial charge in [-0.2, -0.15) is 0 Å². The number of thiazole rings is 1. The van der Waals surface area contributed by atoms with Crippen molar-refractivity contribution < 1.29 is 14.0 Å². The summed E-state index contributed by atoms with van der Waals surface area (Å²) in [6.45, 7) is 5.45. The van der Waals surface area contributed by atoms with E-state index in [1.165, 1.54) is 6.07 Å². The van der Waals surface area contributed by atoms with Gasteiger partial charge in [-0.1, -0.05) is 32.0 Å². The summed E-state index contributed by atoms with van der Waals surface area (Å²) in [4.78, 5) is 30.8. The SMILES string of the molecule is CC(C)C(=O)NCc1csc(C2CCCN(C(=O)Cc3ccccc3F)C2)n1. The number of carbonyl (C=O) groups is 2. The van der Waals surface area contributed by atoms with Crippen molar-refractivity contribution in [3.05, 3.63) is 51.7 Å². The number of amides is 2. The second-order valence-corrected chi connectivity index (χ2v) is 8.39. The standard InChI is InChI=1S/C21H26FN3O2S/c1-14(2)20(27)23-11-17-13-28-21(24-17)16-7-5-9-25(12-16)19(26)10-15-6-3-4-8-18(15)22/h3-4,6,8,13-14,16H,5,7,9-12H2,1-2H3,(H,23,27). The van der Waals surface area contributed by atoms with Gasteiger partial charge in [0.05, 0.1) is 23.7 Å². The molecule has 0 aliphatic carbocycles. The van der Waals surface area contributed by atoms with Gasteiger partial charge in [0.2, 0.25) is 11.8 Å². The molecule has 2 amide bonds. The molecule has 0 bridgehead atoms. The highest BCUT2D eigenvalue weighted by molar-refractivity contribution is 7.09. The number of hydrogen-bond acceptors (Lipinski definition) is 4. The molecule has 1 aliphatic rings. The maximum atomic E-state index is 13.8. The molecule has 0 saturated carbocycles. The lowest BCUT2D eigenvalue weighted by molar-refractivity contribution is -0.131. The minimum Gasteiger partial charge on any atom is -0.350 e. The molecule has 1 aromatic carbocycles. The molecule has 1 aromatic heterocycles. The minimum absolute atomic E-state index is 0.0112. The number of hydrogen-bond donors (Lipinski definition) is 1. The Hall–Kier alpha value is -2.28. The van der Waals surface area contributed by atoms with Crippen molar-refractivity contribution >= 4 is 23.2 Å². The second kappa shape index (κ2) is 9.28. The smallest absolute Gasteiger partial charge is 0.227 e. The molecule has 1 unspecified atom stereocenters. The van der Waals surface area contributed by atoms with Gasteiger partial charge in [-0.15, -0.1) is 11.3 Å². The van der Waals surface area contributed by atoms with Gasteiger partial charge in [0.25, 0.3) is 0 Å². The summed E-state index contributed by atoms with van der Waals surface area (Å²) >= 11 is 1.58. The highest BCUT2D eigenvalue weighted by atomic mass is 32.1. The molecular formula is C21H26FN3O2S. The van der Waals surface area contributed by atoms with E-state index >= 15 is 0 Å². The number of carbonyl (C=O) groups excluding carboxylic acids is 2. The fourth-order valence-electron chi connectivity index (χ4n) is 3.29. The Morgan fingerprint density at radius 2 is 2.14 bits per heavy atom. The molecule has 28 heavy (non-hydrogen) atoms. The molecule has 1 fully saturated rings. The van der Waals surface area contributed by atoms with Gasteiger partial charge in [-0.3, -0.25) is 9.59 Å². The zero-order chi connectivity index (χ0) is 20.1. The Labute approximate surface area is 169 Å². The lowest BCUT2D eigenvalue weighted by Gasteiger charge is -2.32. The first-order chi connectivity index (χ1) is 13.4. The van der Waals surface area contributed by atoms with E-state index in [1.54, 1.807) is 29.5 Å². The molecule has 7 heteroatoms. The summed E-state index contributed by atoms with van der Waals surface area (Å²) in [7, 11) is 0. The normalized spacial score (nSPS) is 17.0. The summed E-state index contributed by atoms with van der Waals surface area (Å²) < 4.78 is 13.8. The van der Waals surface area contributed by atoms with Crippen LogP contribution in [0.25, 0.3) is 0 Å². The number of halogens is 1. The van der Waals surface area contributed by atoms with E-state index in [1.807, 2.05) is 24.1 Å². The van der Waals surface area contributed by atoms with Crippen LogP contribution in [0.3, 0.4) is 0 Å². The zero-order valence-electron chi connectivity index (χ0n) is 16.3. The molecule has 150 valence electrons. The Kier molecular flexibility index (Phi) is 6.78. The lowest BCUT2D eigenvalue weighted by atomic mass is 9.98. The van der Waals surface area contributed by atoms with E-state index in [9.17, 15) is 14.0 Å². The average molecular weight is 404 g/mol. The van der Waals surface area contributed by atoms with E-state index in [0.29, 0.717) is 25.2 Å². The van der Waals surface area contributed by atoms with Crippen LogP contribution in [0, 0.1) is 11.7 Å². The molecule has 2 aromatic rings. The van der Waals surface area contributed by atoms with Crippen molar-refractivity contribution in [2.45, 2.75) is 45.6 Å². The molecule has 5 nitrogen and oxygen atoms in total. The molecule has 0 radical (unpaired) electrons. The Bertz CT molecular complexity index is 837. The molecule has 0 spiro atoms. The average Bonchev–Trinajstić information content (AvgIpc) is 3.17. The number of nitrogens with zero attached hydrogens (tertiary/aromatic N) is 2. The van der Waals surface area contributed by atoms with Crippen molar-refractivity contribution in [3.8, 4) is 0 Å². The van der Waals surface area contributed by atoms with Crippen LogP contribution in [-0.4, -0.2) is 34.8 Å². The van der Waals surface area contributed by atoms with Gasteiger partial charge in [0.1, 0.15) is 5.82 Å². The van der Waals surface area contributed by atoms with Gasteiger partial charge >= 0.3 is 0 Å². The first-order valence-corrected chi connectivity index (χ1v) is 10.5. The highest BCUT2D eigenvalue weighted by Crippen LogP contribution is 2.29. The van der Waals surface area contributed by atoms with Crippen LogP contribution in [0.5, 0.6) is 0 Å². The van der Waals surface area contributed by atoms with Gasteiger partial charge in [-0.25, -0.2) is 9.37 Å². The topological polar surface area (TPSA) is 62.3 Å². The Morgan fingerprint density at radius 3 is 2.89 bits per heavy atom. The van der Waals surface area contributed by atoms with Crippen LogP contribution in [0.1, 0.15) is 48.9 Å². The third kappa shape index (κ3) is 5.16.